The minimum absolute atomic E-state index is 0.176. The first-order valence-electron chi connectivity index (χ1n) is 6.64. The van der Waals surface area contributed by atoms with Crippen molar-refractivity contribution in [1.29, 1.82) is 0 Å². The molecule has 1 heterocycles. The molecule has 0 saturated heterocycles. The number of ether oxygens (including phenoxy) is 3. The number of nitrogens with zero attached hydrogens (tertiary/aromatic N) is 2. The molecule has 6 nitrogen and oxygen atoms in total. The van der Waals surface area contributed by atoms with Crippen LogP contribution in [0.15, 0.2) is 24.3 Å². The summed E-state index contributed by atoms with van der Waals surface area (Å²) in [4.78, 5) is 11.5. The van der Waals surface area contributed by atoms with Crippen molar-refractivity contribution in [2.45, 2.75) is 20.3 Å². The zero-order valence-electron chi connectivity index (χ0n) is 11.9. The number of aromatic nitrogens is 2. The molecule has 7 heteroatoms. The molecule has 0 aliphatic heterocycles. The van der Waals surface area contributed by atoms with E-state index in [2.05, 4.69) is 10.2 Å². The normalized spacial score (nSPS) is 10.2. The summed E-state index contributed by atoms with van der Waals surface area (Å²) in [5, 5.41) is 8.00. The van der Waals surface area contributed by atoms with Crippen molar-refractivity contribution in [2.75, 3.05) is 13.2 Å². The van der Waals surface area contributed by atoms with Gasteiger partial charge < -0.3 is 14.2 Å². The van der Waals surface area contributed by atoms with E-state index in [-0.39, 0.29) is 5.01 Å². The van der Waals surface area contributed by atoms with E-state index >= 15 is 0 Å². The molecule has 0 aliphatic rings. The average molecular weight is 308 g/mol. The summed E-state index contributed by atoms with van der Waals surface area (Å²) in [7, 11) is 0. The second kappa shape index (κ2) is 7.58. The molecule has 112 valence electrons. The Balaban J connectivity index is 1.96. The molecule has 0 unspecified atom stereocenters. The lowest BCUT2D eigenvalue weighted by Gasteiger charge is -2.05. The Bertz CT molecular complexity index is 583. The van der Waals surface area contributed by atoms with Gasteiger partial charge in [0.25, 0.3) is 5.19 Å². The molecule has 0 N–H and O–H groups in total. The molecule has 0 amide bonds. The van der Waals surface area contributed by atoms with Gasteiger partial charge in [-0.1, -0.05) is 12.0 Å². The monoisotopic (exact) mass is 308 g/mol. The Morgan fingerprint density at radius 2 is 1.86 bits per heavy atom. The summed E-state index contributed by atoms with van der Waals surface area (Å²) in [5.41, 5.74) is 0. The lowest BCUT2D eigenvalue weighted by Crippen LogP contribution is -2.03. The van der Waals surface area contributed by atoms with E-state index in [9.17, 15) is 4.79 Å². The van der Waals surface area contributed by atoms with E-state index in [0.717, 1.165) is 23.5 Å². The summed E-state index contributed by atoms with van der Waals surface area (Å²) in [5.74, 6) is 0.896. The first-order chi connectivity index (χ1) is 10.2. The molecule has 2 rings (SSSR count). The number of hydrogen-bond donors (Lipinski definition) is 0. The van der Waals surface area contributed by atoms with E-state index in [0.29, 0.717) is 24.2 Å². The molecule has 0 fully saturated rings. The zero-order chi connectivity index (χ0) is 15.1. The Morgan fingerprint density at radius 1 is 1.14 bits per heavy atom. The minimum atomic E-state index is -0.492. The summed E-state index contributed by atoms with van der Waals surface area (Å²) >= 11 is 1.04. The number of esters is 1. The molecule has 1 aromatic heterocycles. The van der Waals surface area contributed by atoms with E-state index in [1.54, 1.807) is 19.1 Å². The van der Waals surface area contributed by atoms with E-state index in [4.69, 9.17) is 14.2 Å². The van der Waals surface area contributed by atoms with Crippen molar-refractivity contribution in [3.63, 3.8) is 0 Å². The van der Waals surface area contributed by atoms with Gasteiger partial charge in [0, 0.05) is 0 Å². The first-order valence-corrected chi connectivity index (χ1v) is 7.46. The van der Waals surface area contributed by atoms with Gasteiger partial charge >= 0.3 is 5.97 Å². The van der Waals surface area contributed by atoms with Crippen LogP contribution in [0.5, 0.6) is 16.7 Å². The van der Waals surface area contributed by atoms with E-state index < -0.39 is 5.97 Å². The van der Waals surface area contributed by atoms with Gasteiger partial charge in [-0.25, -0.2) is 4.79 Å². The van der Waals surface area contributed by atoms with Crippen molar-refractivity contribution in [2.24, 2.45) is 0 Å². The SMILES string of the molecule is CCCOc1ccc(Oc2nnc(C(=O)OCC)s2)cc1. The van der Waals surface area contributed by atoms with Crippen LogP contribution in [0.3, 0.4) is 0 Å². The molecule has 0 atom stereocenters. The second-order valence-corrected chi connectivity index (χ2v) is 4.96. The number of benzene rings is 1. The van der Waals surface area contributed by atoms with Gasteiger partial charge in [-0.15, -0.1) is 5.10 Å². The molecule has 0 spiro atoms. The van der Waals surface area contributed by atoms with E-state index in [1.165, 1.54) is 0 Å². The largest absolute Gasteiger partial charge is 0.494 e. The summed E-state index contributed by atoms with van der Waals surface area (Å²) in [6, 6.07) is 7.18. The third-order valence-corrected chi connectivity index (χ3v) is 3.14. The lowest BCUT2D eigenvalue weighted by atomic mass is 10.3. The zero-order valence-corrected chi connectivity index (χ0v) is 12.7. The molecular weight excluding hydrogens is 292 g/mol. The highest BCUT2D eigenvalue weighted by Crippen LogP contribution is 2.26. The molecule has 0 saturated carbocycles. The quantitative estimate of drug-likeness (QED) is 0.731. The summed E-state index contributed by atoms with van der Waals surface area (Å²) in [6.45, 7) is 4.76. The predicted octanol–water partition coefficient (Wildman–Crippen LogP) is 3.30. The van der Waals surface area contributed by atoms with Crippen LogP contribution in [0.2, 0.25) is 0 Å². The van der Waals surface area contributed by atoms with Crippen molar-refractivity contribution >= 4 is 17.3 Å². The predicted molar refractivity (Wildman–Crippen MR) is 78.2 cm³/mol. The highest BCUT2D eigenvalue weighted by molar-refractivity contribution is 7.14. The summed E-state index contributed by atoms with van der Waals surface area (Å²) in [6.07, 6.45) is 0.958. The van der Waals surface area contributed by atoms with E-state index in [1.807, 2.05) is 19.1 Å². The fraction of sp³-hybridized carbons (Fsp3) is 0.357. The van der Waals surface area contributed by atoms with Crippen LogP contribution in [0.25, 0.3) is 0 Å². The average Bonchev–Trinajstić information content (AvgIpc) is 2.95. The highest BCUT2D eigenvalue weighted by Gasteiger charge is 2.14. The van der Waals surface area contributed by atoms with Crippen LogP contribution in [0.4, 0.5) is 0 Å². The Morgan fingerprint density at radius 3 is 2.52 bits per heavy atom. The Labute approximate surface area is 126 Å². The molecule has 0 aliphatic carbocycles. The van der Waals surface area contributed by atoms with Gasteiger partial charge in [0.1, 0.15) is 11.5 Å². The lowest BCUT2D eigenvalue weighted by molar-refractivity contribution is 0.0525. The molecule has 2 aromatic rings. The van der Waals surface area contributed by atoms with Crippen molar-refractivity contribution in [3.05, 3.63) is 29.3 Å². The topological polar surface area (TPSA) is 70.5 Å². The fourth-order valence-corrected chi connectivity index (χ4v) is 2.06. The van der Waals surface area contributed by atoms with Gasteiger partial charge in [0.2, 0.25) is 5.01 Å². The van der Waals surface area contributed by atoms with Crippen LogP contribution in [-0.2, 0) is 4.74 Å². The van der Waals surface area contributed by atoms with Crippen molar-refractivity contribution < 1.29 is 19.0 Å². The molecule has 1 aromatic carbocycles. The number of carbonyl (C=O) groups is 1. The molecular formula is C14H16N2O4S. The smallest absolute Gasteiger partial charge is 0.369 e. The number of rotatable bonds is 7. The maximum atomic E-state index is 11.5. The minimum Gasteiger partial charge on any atom is -0.494 e. The number of hydrogen-bond acceptors (Lipinski definition) is 7. The van der Waals surface area contributed by atoms with Gasteiger partial charge in [-0.05, 0) is 48.9 Å². The second-order valence-electron chi connectivity index (χ2n) is 4.02. The molecule has 21 heavy (non-hydrogen) atoms. The van der Waals surface area contributed by atoms with Gasteiger partial charge in [-0.3, -0.25) is 0 Å². The van der Waals surface area contributed by atoms with Crippen LogP contribution in [-0.4, -0.2) is 29.4 Å². The Hall–Kier alpha value is -2.15. The summed E-state index contributed by atoms with van der Waals surface area (Å²) < 4.78 is 15.9. The van der Waals surface area contributed by atoms with Gasteiger partial charge in [0.05, 0.1) is 13.2 Å². The van der Waals surface area contributed by atoms with Gasteiger partial charge in [-0.2, -0.15) is 0 Å². The van der Waals surface area contributed by atoms with Crippen LogP contribution in [0, 0.1) is 0 Å². The molecule has 0 radical (unpaired) electrons. The van der Waals surface area contributed by atoms with Crippen molar-refractivity contribution in [3.8, 4) is 16.7 Å². The fourth-order valence-electron chi connectivity index (χ4n) is 1.45. The third-order valence-electron chi connectivity index (χ3n) is 2.36. The number of carbonyl (C=O) groups excluding carboxylic acids is 1. The van der Waals surface area contributed by atoms with Crippen LogP contribution in [0.1, 0.15) is 30.1 Å². The van der Waals surface area contributed by atoms with Crippen molar-refractivity contribution in [1.82, 2.24) is 10.2 Å². The third kappa shape index (κ3) is 4.42. The highest BCUT2D eigenvalue weighted by atomic mass is 32.1. The maximum absolute atomic E-state index is 11.5. The van der Waals surface area contributed by atoms with Crippen LogP contribution < -0.4 is 9.47 Å². The van der Waals surface area contributed by atoms with Gasteiger partial charge in [0.15, 0.2) is 0 Å². The first kappa shape index (κ1) is 15.2. The molecule has 0 bridgehead atoms. The Kier molecular flexibility index (Phi) is 5.51. The standard InChI is InChI=1S/C14H16N2O4S/c1-3-9-19-10-5-7-11(8-6-10)20-14-16-15-12(21-14)13(17)18-4-2/h5-8H,3-4,9H2,1-2H3. The van der Waals surface area contributed by atoms with Crippen LogP contribution >= 0.6 is 11.3 Å². The maximum Gasteiger partial charge on any atom is 0.369 e.